The Balaban J connectivity index is 2.00. The Hall–Kier alpha value is -3.07. The summed E-state index contributed by atoms with van der Waals surface area (Å²) in [5.41, 5.74) is -0.135. The van der Waals surface area contributed by atoms with Gasteiger partial charge in [0.25, 0.3) is 0 Å². The number of anilines is 1. The van der Waals surface area contributed by atoms with E-state index in [2.05, 4.69) is 9.98 Å². The normalized spacial score (nSPS) is 12.2. The molecule has 5 nitrogen and oxygen atoms in total. The SMILES string of the molecule is CCCN(COC)c1ccc(N=Cc2c(O)[nH]c3cc(F)ccc23)cc1C(F)(F)F. The summed E-state index contributed by atoms with van der Waals surface area (Å²) in [5, 5.41) is 10.6. The van der Waals surface area contributed by atoms with Gasteiger partial charge in [0.1, 0.15) is 12.5 Å². The number of aromatic amines is 1. The average Bonchev–Trinajstić information content (AvgIpc) is 2.99. The number of H-pyrrole nitrogens is 1. The highest BCUT2D eigenvalue weighted by Gasteiger charge is 2.35. The van der Waals surface area contributed by atoms with Crippen molar-refractivity contribution >= 4 is 28.5 Å². The zero-order valence-electron chi connectivity index (χ0n) is 16.4. The van der Waals surface area contributed by atoms with Crippen LogP contribution in [0.1, 0.15) is 24.5 Å². The molecule has 9 heteroatoms. The largest absolute Gasteiger partial charge is 0.494 e. The molecule has 0 spiro atoms. The lowest BCUT2D eigenvalue weighted by atomic mass is 10.1. The van der Waals surface area contributed by atoms with Crippen molar-refractivity contribution in [2.45, 2.75) is 19.5 Å². The molecule has 0 amide bonds. The Kier molecular flexibility index (Phi) is 6.31. The van der Waals surface area contributed by atoms with Gasteiger partial charge in [0.05, 0.1) is 28.0 Å². The van der Waals surface area contributed by atoms with Gasteiger partial charge in [0.2, 0.25) is 0 Å². The van der Waals surface area contributed by atoms with Crippen LogP contribution in [0.3, 0.4) is 0 Å². The van der Waals surface area contributed by atoms with Crippen molar-refractivity contribution in [2.24, 2.45) is 4.99 Å². The lowest BCUT2D eigenvalue weighted by molar-refractivity contribution is -0.137. The first-order valence-electron chi connectivity index (χ1n) is 9.24. The number of methoxy groups -OCH3 is 1. The fourth-order valence-corrected chi connectivity index (χ4v) is 3.23. The van der Waals surface area contributed by atoms with E-state index in [0.29, 0.717) is 23.9 Å². The van der Waals surface area contributed by atoms with Crippen molar-refractivity contribution in [3.05, 3.63) is 53.3 Å². The standard InChI is InChI=1S/C21H21F4N3O2/c1-3-8-28(12-30-2)19-7-5-14(10-17(19)21(23,24)25)26-11-16-15-6-4-13(22)9-18(15)27-20(16)29/h4-7,9-11,27,29H,3,8,12H2,1-2H3. The Bertz CT molecular complexity index is 1050. The molecule has 1 heterocycles. The Morgan fingerprint density at radius 3 is 2.63 bits per heavy atom. The van der Waals surface area contributed by atoms with Crippen LogP contribution in [0.15, 0.2) is 41.4 Å². The van der Waals surface area contributed by atoms with Gasteiger partial charge in [-0.1, -0.05) is 6.92 Å². The molecule has 3 aromatic rings. The number of benzene rings is 2. The zero-order chi connectivity index (χ0) is 21.9. The number of halogens is 4. The van der Waals surface area contributed by atoms with Crippen molar-refractivity contribution in [2.75, 3.05) is 25.3 Å². The summed E-state index contributed by atoms with van der Waals surface area (Å²) in [4.78, 5) is 8.23. The smallest absolute Gasteiger partial charge is 0.418 e. The van der Waals surface area contributed by atoms with Crippen molar-refractivity contribution in [1.82, 2.24) is 4.98 Å². The third kappa shape index (κ3) is 4.56. The van der Waals surface area contributed by atoms with E-state index in [4.69, 9.17) is 4.74 Å². The first-order chi connectivity index (χ1) is 14.2. The predicted molar refractivity (Wildman–Crippen MR) is 108 cm³/mol. The maximum atomic E-state index is 13.7. The second-order valence-electron chi connectivity index (χ2n) is 6.72. The summed E-state index contributed by atoms with van der Waals surface area (Å²) in [6.45, 7) is 2.30. The van der Waals surface area contributed by atoms with E-state index in [1.165, 1.54) is 48.6 Å². The molecule has 0 saturated heterocycles. The minimum absolute atomic E-state index is 0.00978. The molecule has 30 heavy (non-hydrogen) atoms. The quantitative estimate of drug-likeness (QED) is 0.295. The predicted octanol–water partition coefficient (Wildman–Crippen LogP) is 5.60. The molecular weight excluding hydrogens is 402 g/mol. The van der Waals surface area contributed by atoms with Crippen LogP contribution in [0.4, 0.5) is 28.9 Å². The fourth-order valence-electron chi connectivity index (χ4n) is 3.23. The summed E-state index contributed by atoms with van der Waals surface area (Å²) in [6, 6.07) is 7.66. The van der Waals surface area contributed by atoms with Crippen molar-refractivity contribution in [3.8, 4) is 5.88 Å². The molecule has 0 aliphatic carbocycles. The number of ether oxygens (including phenoxy) is 1. The number of aliphatic imine (C=N–C) groups is 1. The van der Waals surface area contributed by atoms with Gasteiger partial charge in [-0.05, 0) is 42.8 Å². The molecule has 2 N–H and O–H groups in total. The van der Waals surface area contributed by atoms with Gasteiger partial charge in [-0.3, -0.25) is 4.99 Å². The van der Waals surface area contributed by atoms with E-state index in [0.717, 1.165) is 6.07 Å². The van der Waals surface area contributed by atoms with Crippen LogP contribution in [-0.4, -0.2) is 36.7 Å². The summed E-state index contributed by atoms with van der Waals surface area (Å²) in [5.74, 6) is -0.730. The van der Waals surface area contributed by atoms with Crippen LogP contribution in [-0.2, 0) is 10.9 Å². The Morgan fingerprint density at radius 1 is 1.20 bits per heavy atom. The van der Waals surface area contributed by atoms with E-state index in [1.807, 2.05) is 6.92 Å². The molecule has 160 valence electrons. The highest BCUT2D eigenvalue weighted by molar-refractivity contribution is 6.02. The number of rotatable bonds is 7. The maximum Gasteiger partial charge on any atom is 0.418 e. The monoisotopic (exact) mass is 423 g/mol. The van der Waals surface area contributed by atoms with Crippen LogP contribution in [0.5, 0.6) is 5.88 Å². The number of aromatic hydroxyl groups is 1. The number of hydrogen-bond donors (Lipinski definition) is 2. The molecule has 0 unspecified atom stereocenters. The highest BCUT2D eigenvalue weighted by atomic mass is 19.4. The minimum atomic E-state index is -4.58. The lowest BCUT2D eigenvalue weighted by Crippen LogP contribution is -2.28. The maximum absolute atomic E-state index is 13.7. The molecule has 0 saturated carbocycles. The Morgan fingerprint density at radius 2 is 1.97 bits per heavy atom. The molecule has 2 aromatic carbocycles. The van der Waals surface area contributed by atoms with E-state index in [9.17, 15) is 22.7 Å². The number of hydrogen-bond acceptors (Lipinski definition) is 4. The lowest BCUT2D eigenvalue weighted by Gasteiger charge is -2.26. The number of nitrogens with one attached hydrogen (secondary N) is 1. The molecule has 1 aromatic heterocycles. The van der Waals surface area contributed by atoms with Gasteiger partial charge >= 0.3 is 6.18 Å². The van der Waals surface area contributed by atoms with Gasteiger partial charge in [0.15, 0.2) is 5.88 Å². The van der Waals surface area contributed by atoms with Crippen LogP contribution >= 0.6 is 0 Å². The van der Waals surface area contributed by atoms with Crippen LogP contribution in [0.25, 0.3) is 10.9 Å². The number of alkyl halides is 3. The molecule has 0 fully saturated rings. The van der Waals surface area contributed by atoms with Crippen molar-refractivity contribution in [1.29, 1.82) is 0 Å². The van der Waals surface area contributed by atoms with Gasteiger partial charge in [-0.2, -0.15) is 13.2 Å². The number of fused-ring (bicyclic) bond motifs is 1. The van der Waals surface area contributed by atoms with E-state index in [-0.39, 0.29) is 29.5 Å². The molecule has 0 radical (unpaired) electrons. The average molecular weight is 423 g/mol. The van der Waals surface area contributed by atoms with Crippen molar-refractivity contribution < 1.29 is 27.4 Å². The molecule has 0 aliphatic rings. The topological polar surface area (TPSA) is 60.9 Å². The number of aromatic nitrogens is 1. The second-order valence-corrected chi connectivity index (χ2v) is 6.72. The van der Waals surface area contributed by atoms with E-state index in [1.54, 1.807) is 0 Å². The number of nitrogens with zero attached hydrogens (tertiary/aromatic N) is 2. The van der Waals surface area contributed by atoms with Crippen LogP contribution in [0, 0.1) is 5.82 Å². The summed E-state index contributed by atoms with van der Waals surface area (Å²) >= 11 is 0. The van der Waals surface area contributed by atoms with E-state index >= 15 is 0 Å². The fraction of sp³-hybridized carbons (Fsp3) is 0.286. The summed E-state index contributed by atoms with van der Waals surface area (Å²) in [6.07, 6.45) is -2.68. The first kappa shape index (κ1) is 21.6. The molecule has 3 rings (SSSR count). The van der Waals surface area contributed by atoms with Gasteiger partial charge < -0.3 is 19.7 Å². The minimum Gasteiger partial charge on any atom is -0.494 e. The van der Waals surface area contributed by atoms with Gasteiger partial charge in [-0.15, -0.1) is 0 Å². The zero-order valence-corrected chi connectivity index (χ0v) is 16.4. The molecule has 0 bridgehead atoms. The second kappa shape index (κ2) is 8.74. The summed E-state index contributed by atoms with van der Waals surface area (Å²) < 4.78 is 59.5. The molecule has 0 atom stereocenters. The highest BCUT2D eigenvalue weighted by Crippen LogP contribution is 2.39. The third-order valence-electron chi connectivity index (χ3n) is 4.53. The van der Waals surface area contributed by atoms with Gasteiger partial charge in [-0.25, -0.2) is 4.39 Å². The Labute approximate surface area is 170 Å². The molecular formula is C21H21F4N3O2. The van der Waals surface area contributed by atoms with Crippen LogP contribution < -0.4 is 4.90 Å². The third-order valence-corrected chi connectivity index (χ3v) is 4.53. The summed E-state index contributed by atoms with van der Waals surface area (Å²) in [7, 11) is 1.42. The molecule has 0 aliphatic heterocycles. The van der Waals surface area contributed by atoms with E-state index < -0.39 is 17.6 Å². The van der Waals surface area contributed by atoms with Gasteiger partial charge in [0, 0.05) is 25.3 Å². The first-order valence-corrected chi connectivity index (χ1v) is 9.24. The van der Waals surface area contributed by atoms with Crippen molar-refractivity contribution in [3.63, 3.8) is 0 Å². The van der Waals surface area contributed by atoms with Crippen LogP contribution in [0.2, 0.25) is 0 Å².